The summed E-state index contributed by atoms with van der Waals surface area (Å²) in [6.45, 7) is 0. The highest BCUT2D eigenvalue weighted by Gasteiger charge is 2.45. The van der Waals surface area contributed by atoms with E-state index in [0.717, 1.165) is 0 Å². The lowest BCUT2D eigenvalue weighted by molar-refractivity contribution is -0.158. The van der Waals surface area contributed by atoms with Crippen molar-refractivity contribution in [3.8, 4) is 0 Å². The zero-order valence-electron chi connectivity index (χ0n) is 5.58. The summed E-state index contributed by atoms with van der Waals surface area (Å²) in [6.07, 6.45) is 1.58. The molecule has 1 aliphatic rings. The molecule has 0 radical (unpaired) electrons. The number of hydrogen-bond acceptors (Lipinski definition) is 3. The van der Waals surface area contributed by atoms with E-state index in [9.17, 15) is 9.90 Å². The van der Waals surface area contributed by atoms with Gasteiger partial charge in [-0.25, -0.2) is 4.79 Å². The molecule has 1 aliphatic carbocycles. The largest absolute Gasteiger partial charge is 0.479 e. The van der Waals surface area contributed by atoms with Gasteiger partial charge in [-0.2, -0.15) is 0 Å². The van der Waals surface area contributed by atoms with Crippen LogP contribution in [-0.2, 0) is 4.79 Å². The first-order valence-corrected chi connectivity index (χ1v) is 3.29. The average molecular weight is 145 g/mol. The second-order valence-corrected chi connectivity index (χ2v) is 2.73. The Hall–Kier alpha value is -0.610. The fraction of sp³-hybridized carbons (Fsp3) is 0.833. The normalized spacial score (nSPS) is 40.0. The number of carboxylic acid groups (broad SMARTS) is 1. The lowest BCUT2D eigenvalue weighted by Gasteiger charge is -2.21. The summed E-state index contributed by atoms with van der Waals surface area (Å²) in [5, 5.41) is 17.8. The molecule has 1 fully saturated rings. The van der Waals surface area contributed by atoms with E-state index in [1.807, 2.05) is 0 Å². The van der Waals surface area contributed by atoms with Crippen LogP contribution < -0.4 is 5.73 Å². The van der Waals surface area contributed by atoms with Gasteiger partial charge in [-0.15, -0.1) is 0 Å². The summed E-state index contributed by atoms with van der Waals surface area (Å²) in [5.74, 6) is -1.20. The van der Waals surface area contributed by atoms with Crippen LogP contribution in [0.15, 0.2) is 0 Å². The minimum Gasteiger partial charge on any atom is -0.479 e. The molecule has 0 saturated heterocycles. The Morgan fingerprint density at radius 2 is 2.30 bits per heavy atom. The van der Waals surface area contributed by atoms with Gasteiger partial charge in [-0.1, -0.05) is 0 Å². The lowest BCUT2D eigenvalue weighted by Crippen LogP contribution is -2.49. The van der Waals surface area contributed by atoms with Crippen molar-refractivity contribution >= 4 is 5.97 Å². The van der Waals surface area contributed by atoms with Crippen molar-refractivity contribution in [1.29, 1.82) is 0 Å². The number of carbonyl (C=O) groups is 1. The van der Waals surface area contributed by atoms with Crippen LogP contribution in [0, 0.1) is 0 Å². The highest BCUT2D eigenvalue weighted by molar-refractivity contribution is 5.78. The standard InChI is InChI=1S/C6H11NO3/c7-4-2-1-3-6(4,10)5(8)9/h4,10H,1-3,7H2,(H,8,9)/t4-,6+/m1/s1. The molecular weight excluding hydrogens is 134 g/mol. The van der Waals surface area contributed by atoms with Gasteiger partial charge in [0.15, 0.2) is 5.60 Å². The van der Waals surface area contributed by atoms with E-state index >= 15 is 0 Å². The number of rotatable bonds is 1. The Kier molecular flexibility index (Phi) is 1.66. The van der Waals surface area contributed by atoms with Gasteiger partial charge >= 0.3 is 5.97 Å². The molecule has 0 unspecified atom stereocenters. The Balaban J connectivity index is 2.75. The summed E-state index contributed by atoms with van der Waals surface area (Å²) in [5.41, 5.74) is 3.73. The van der Waals surface area contributed by atoms with Gasteiger partial charge in [-0.3, -0.25) is 0 Å². The zero-order valence-corrected chi connectivity index (χ0v) is 5.58. The third-order valence-electron chi connectivity index (χ3n) is 2.06. The van der Waals surface area contributed by atoms with Crippen molar-refractivity contribution in [3.63, 3.8) is 0 Å². The van der Waals surface area contributed by atoms with E-state index < -0.39 is 17.6 Å². The maximum absolute atomic E-state index is 10.4. The molecule has 0 spiro atoms. The predicted molar refractivity (Wildman–Crippen MR) is 34.4 cm³/mol. The minimum absolute atomic E-state index is 0.281. The molecule has 0 aromatic heterocycles. The van der Waals surface area contributed by atoms with Gasteiger partial charge in [0.2, 0.25) is 0 Å². The van der Waals surface area contributed by atoms with Crippen molar-refractivity contribution in [3.05, 3.63) is 0 Å². The number of hydrogen-bond donors (Lipinski definition) is 3. The van der Waals surface area contributed by atoms with E-state index in [1.54, 1.807) is 0 Å². The molecule has 0 bridgehead atoms. The summed E-state index contributed by atoms with van der Waals surface area (Å²) < 4.78 is 0. The van der Waals surface area contributed by atoms with E-state index in [1.165, 1.54) is 0 Å². The molecule has 2 atom stereocenters. The van der Waals surface area contributed by atoms with Crippen LogP contribution in [0.25, 0.3) is 0 Å². The molecule has 4 N–H and O–H groups in total. The maximum atomic E-state index is 10.4. The van der Waals surface area contributed by atoms with E-state index in [4.69, 9.17) is 10.8 Å². The molecule has 0 amide bonds. The van der Waals surface area contributed by atoms with Crippen LogP contribution in [0.1, 0.15) is 19.3 Å². The molecule has 1 saturated carbocycles. The van der Waals surface area contributed by atoms with Crippen molar-refractivity contribution in [2.45, 2.75) is 30.9 Å². The Bertz CT molecular complexity index is 159. The Morgan fingerprint density at radius 3 is 2.50 bits per heavy atom. The molecule has 58 valence electrons. The number of carboxylic acids is 1. The van der Waals surface area contributed by atoms with Crippen LogP contribution in [-0.4, -0.2) is 27.8 Å². The predicted octanol–water partition coefficient (Wildman–Crippen LogP) is -0.687. The third-order valence-corrected chi connectivity index (χ3v) is 2.06. The number of nitrogens with two attached hydrogens (primary N) is 1. The van der Waals surface area contributed by atoms with Gasteiger partial charge in [0, 0.05) is 6.04 Å². The van der Waals surface area contributed by atoms with Gasteiger partial charge < -0.3 is 15.9 Å². The number of aliphatic carboxylic acids is 1. The highest BCUT2D eigenvalue weighted by atomic mass is 16.4. The zero-order chi connectivity index (χ0) is 7.78. The summed E-state index contributed by atoms with van der Waals surface area (Å²) in [6, 6.07) is -0.593. The first-order chi connectivity index (χ1) is 4.57. The fourth-order valence-corrected chi connectivity index (χ4v) is 1.28. The molecule has 0 aliphatic heterocycles. The third kappa shape index (κ3) is 0.892. The summed E-state index contributed by atoms with van der Waals surface area (Å²) >= 11 is 0. The molecule has 0 heterocycles. The molecule has 4 heteroatoms. The molecule has 0 aromatic rings. The van der Waals surface area contributed by atoms with Gasteiger partial charge in [0.1, 0.15) is 0 Å². The average Bonchev–Trinajstić information content (AvgIpc) is 2.15. The van der Waals surface area contributed by atoms with E-state index in [2.05, 4.69) is 0 Å². The summed E-state index contributed by atoms with van der Waals surface area (Å²) in [7, 11) is 0. The molecule has 10 heavy (non-hydrogen) atoms. The highest BCUT2D eigenvalue weighted by Crippen LogP contribution is 2.28. The van der Waals surface area contributed by atoms with Crippen LogP contribution >= 0.6 is 0 Å². The quantitative estimate of drug-likeness (QED) is 0.456. The van der Waals surface area contributed by atoms with E-state index in [0.29, 0.717) is 12.8 Å². The van der Waals surface area contributed by atoms with Gasteiger partial charge in [0.25, 0.3) is 0 Å². The van der Waals surface area contributed by atoms with Crippen molar-refractivity contribution in [2.75, 3.05) is 0 Å². The fourth-order valence-electron chi connectivity index (χ4n) is 1.28. The van der Waals surface area contributed by atoms with Crippen molar-refractivity contribution in [1.82, 2.24) is 0 Å². The van der Waals surface area contributed by atoms with E-state index in [-0.39, 0.29) is 6.42 Å². The first kappa shape index (κ1) is 7.50. The Labute approximate surface area is 58.6 Å². The second kappa shape index (κ2) is 2.21. The smallest absolute Gasteiger partial charge is 0.337 e. The van der Waals surface area contributed by atoms with Gasteiger partial charge in [0.05, 0.1) is 0 Å². The SMILES string of the molecule is N[C@@H]1CCC[C@@]1(O)C(=O)O. The topological polar surface area (TPSA) is 83.5 Å². The summed E-state index contributed by atoms with van der Waals surface area (Å²) in [4.78, 5) is 10.4. The van der Waals surface area contributed by atoms with Crippen LogP contribution in [0.2, 0.25) is 0 Å². The molecule has 1 rings (SSSR count). The van der Waals surface area contributed by atoms with Crippen molar-refractivity contribution < 1.29 is 15.0 Å². The second-order valence-electron chi connectivity index (χ2n) is 2.73. The molecular formula is C6H11NO3. The maximum Gasteiger partial charge on any atom is 0.337 e. The Morgan fingerprint density at radius 1 is 1.70 bits per heavy atom. The monoisotopic (exact) mass is 145 g/mol. The van der Waals surface area contributed by atoms with Crippen LogP contribution in [0.4, 0.5) is 0 Å². The lowest BCUT2D eigenvalue weighted by atomic mass is 9.99. The minimum atomic E-state index is -1.65. The van der Waals surface area contributed by atoms with Gasteiger partial charge in [-0.05, 0) is 19.3 Å². The molecule has 4 nitrogen and oxygen atoms in total. The van der Waals surface area contributed by atoms with Crippen molar-refractivity contribution in [2.24, 2.45) is 5.73 Å². The number of aliphatic hydroxyl groups is 1. The first-order valence-electron chi connectivity index (χ1n) is 3.29. The van der Waals surface area contributed by atoms with Crippen LogP contribution in [0.3, 0.4) is 0 Å². The van der Waals surface area contributed by atoms with Crippen LogP contribution in [0.5, 0.6) is 0 Å². The molecule has 0 aromatic carbocycles.